The number of hydrogen-bond donors (Lipinski definition) is 4. The van der Waals surface area contributed by atoms with Crippen LogP contribution in [0.4, 0.5) is 10.5 Å². The Morgan fingerprint density at radius 1 is 0.982 bits per heavy atom. The van der Waals surface area contributed by atoms with E-state index in [4.69, 9.17) is 14.2 Å². The second kappa shape index (κ2) is 17.8. The van der Waals surface area contributed by atoms with Gasteiger partial charge in [0.05, 0.1) is 30.3 Å². The summed E-state index contributed by atoms with van der Waals surface area (Å²) in [6.45, 7) is 6.05. The number of fused-ring (bicyclic) bond motifs is 4. The molecule has 12 nitrogen and oxygen atoms in total. The minimum Gasteiger partial charge on any atom is -0.506 e. The normalized spacial score (nSPS) is 18.0. The van der Waals surface area contributed by atoms with E-state index in [1.54, 1.807) is 29.2 Å². The van der Waals surface area contributed by atoms with E-state index in [1.165, 1.54) is 12.1 Å². The van der Waals surface area contributed by atoms with E-state index in [0.717, 1.165) is 49.3 Å². The summed E-state index contributed by atoms with van der Waals surface area (Å²) in [7, 11) is 0. The summed E-state index contributed by atoms with van der Waals surface area (Å²) in [5.41, 5.74) is 3.24. The fraction of sp³-hybridized carbons (Fsp3) is 0.341. The number of amides is 1. The number of carbonyl (C=O) groups is 2. The van der Waals surface area contributed by atoms with Gasteiger partial charge in [0.2, 0.25) is 5.56 Å². The average molecular weight is 761 g/mol. The van der Waals surface area contributed by atoms with Crippen molar-refractivity contribution in [3.05, 3.63) is 130 Å². The van der Waals surface area contributed by atoms with Crippen molar-refractivity contribution in [1.82, 2.24) is 15.2 Å². The summed E-state index contributed by atoms with van der Waals surface area (Å²) in [5.74, 6) is 0.876. The van der Waals surface area contributed by atoms with Crippen LogP contribution in [-0.2, 0) is 22.4 Å². The predicted molar refractivity (Wildman–Crippen MR) is 213 cm³/mol. The van der Waals surface area contributed by atoms with Gasteiger partial charge in [0.1, 0.15) is 23.4 Å². The number of aromatic hydroxyl groups is 1. The maximum atomic E-state index is 13.8. The molecule has 0 saturated carbocycles. The van der Waals surface area contributed by atoms with E-state index in [9.17, 15) is 24.6 Å². The molecule has 56 heavy (non-hydrogen) atoms. The number of ether oxygens (including phenoxy) is 3. The SMILES string of the molecule is CCCOC(=O)c1ccc(CCNC[C@H](O)c2ccc(O)c3[nH]c(=O)ccc23)c(Oc2cccc(CN(C(=O)O[C@H]3CN4CCC3CC4)c3ccccc3)c2)c1. The van der Waals surface area contributed by atoms with Gasteiger partial charge in [-0.1, -0.05) is 49.4 Å². The number of aliphatic hydroxyl groups excluding tert-OH is 1. The summed E-state index contributed by atoms with van der Waals surface area (Å²) in [5, 5.41) is 25.1. The predicted octanol–water partition coefficient (Wildman–Crippen LogP) is 6.70. The van der Waals surface area contributed by atoms with E-state index in [-0.39, 0.29) is 42.1 Å². The number of benzene rings is 4. The molecule has 2 atom stereocenters. The zero-order valence-electron chi connectivity index (χ0n) is 31.5. The van der Waals surface area contributed by atoms with E-state index in [1.807, 2.05) is 67.6 Å². The molecule has 2 bridgehead atoms. The minimum absolute atomic E-state index is 0.0719. The number of H-pyrrole nitrogens is 1. The Morgan fingerprint density at radius 3 is 2.57 bits per heavy atom. The molecule has 3 saturated heterocycles. The number of nitrogens with zero attached hydrogens (tertiary/aromatic N) is 2. The third kappa shape index (κ3) is 9.22. The van der Waals surface area contributed by atoms with Crippen molar-refractivity contribution in [1.29, 1.82) is 0 Å². The van der Waals surface area contributed by atoms with E-state index < -0.39 is 12.1 Å². The number of esters is 1. The lowest BCUT2D eigenvalue weighted by Crippen LogP contribution is -2.53. The number of phenols is 1. The Hall–Kier alpha value is -5.69. The number of anilines is 1. The number of hydrogen-bond acceptors (Lipinski definition) is 10. The Balaban J connectivity index is 1.06. The average Bonchev–Trinajstić information content (AvgIpc) is 3.22. The number of rotatable bonds is 15. The minimum atomic E-state index is -0.915. The van der Waals surface area contributed by atoms with Crippen LogP contribution in [0.25, 0.3) is 10.9 Å². The van der Waals surface area contributed by atoms with Crippen molar-refractivity contribution >= 4 is 28.7 Å². The lowest BCUT2D eigenvalue weighted by molar-refractivity contribution is -0.0311. The number of pyridine rings is 1. The zero-order chi connectivity index (χ0) is 39.0. The second-order valence-corrected chi connectivity index (χ2v) is 14.4. The highest BCUT2D eigenvalue weighted by Crippen LogP contribution is 2.33. The molecule has 1 amide bonds. The summed E-state index contributed by atoms with van der Waals surface area (Å²) in [6.07, 6.45) is 1.86. The second-order valence-electron chi connectivity index (χ2n) is 14.4. The Bertz CT molecular complexity index is 2200. The maximum Gasteiger partial charge on any atom is 0.414 e. The monoisotopic (exact) mass is 760 g/mol. The first-order valence-electron chi connectivity index (χ1n) is 19.3. The molecule has 12 heteroatoms. The van der Waals surface area contributed by atoms with Crippen LogP contribution in [0.3, 0.4) is 0 Å². The molecule has 5 aromatic rings. The number of aromatic nitrogens is 1. The molecule has 4 N–H and O–H groups in total. The van der Waals surface area contributed by atoms with Crippen LogP contribution in [0.5, 0.6) is 17.2 Å². The van der Waals surface area contributed by atoms with Gasteiger partial charge >= 0.3 is 12.1 Å². The number of carbonyl (C=O) groups excluding carboxylic acids is 2. The van der Waals surface area contributed by atoms with Crippen molar-refractivity contribution in [2.75, 3.05) is 44.2 Å². The molecule has 1 aromatic heterocycles. The van der Waals surface area contributed by atoms with Crippen molar-refractivity contribution in [3.8, 4) is 17.2 Å². The number of phenolic OH excluding ortho intramolecular Hbond substituents is 1. The zero-order valence-corrected chi connectivity index (χ0v) is 31.5. The molecule has 3 aliphatic heterocycles. The van der Waals surface area contributed by atoms with Crippen molar-refractivity contribution in [2.45, 2.75) is 51.4 Å². The molecule has 4 heterocycles. The molecule has 0 radical (unpaired) electrons. The van der Waals surface area contributed by atoms with Crippen LogP contribution >= 0.6 is 0 Å². The van der Waals surface area contributed by atoms with Gasteiger partial charge in [0.15, 0.2) is 0 Å². The van der Waals surface area contributed by atoms with Gasteiger partial charge in [-0.15, -0.1) is 0 Å². The van der Waals surface area contributed by atoms with Gasteiger partial charge in [0.25, 0.3) is 0 Å². The standard InChI is InChI=1S/C44H48N4O8/c1-2-23-54-43(52)32-12-11-30(17-20-45-26-38(50)35-13-15-37(49)42-36(35)14-16-41(51)46-42)39(25-32)55-34-10-6-7-29(24-34)27-48(33-8-4-3-5-9-33)44(53)56-40-28-47-21-18-31(40)19-22-47/h3-16,24-25,31,38,40,45,49-50H,2,17-23,26-28H2,1H3,(H,46,51)/t38-,40-/m0/s1. The van der Waals surface area contributed by atoms with Crippen LogP contribution < -0.4 is 20.5 Å². The molecular weight excluding hydrogens is 713 g/mol. The molecule has 0 spiro atoms. The first kappa shape index (κ1) is 38.6. The molecule has 4 aromatic carbocycles. The third-order valence-electron chi connectivity index (χ3n) is 10.5. The number of aromatic amines is 1. The lowest BCUT2D eigenvalue weighted by atomic mass is 9.86. The lowest BCUT2D eigenvalue weighted by Gasteiger charge is -2.44. The summed E-state index contributed by atoms with van der Waals surface area (Å²) in [4.78, 5) is 45.1. The van der Waals surface area contributed by atoms with Gasteiger partial charge in [-0.05, 0) is 116 Å². The van der Waals surface area contributed by atoms with Gasteiger partial charge in [-0.2, -0.15) is 0 Å². The topological polar surface area (TPSA) is 154 Å². The van der Waals surface area contributed by atoms with Gasteiger partial charge in [-0.25, -0.2) is 9.59 Å². The molecule has 0 aliphatic carbocycles. The number of piperidine rings is 3. The Morgan fingerprint density at radius 2 is 1.80 bits per heavy atom. The maximum absolute atomic E-state index is 13.8. The fourth-order valence-electron chi connectivity index (χ4n) is 7.51. The summed E-state index contributed by atoms with van der Waals surface area (Å²) < 4.78 is 18.1. The summed E-state index contributed by atoms with van der Waals surface area (Å²) in [6, 6.07) is 28.3. The summed E-state index contributed by atoms with van der Waals surface area (Å²) >= 11 is 0. The Labute approximate surface area is 325 Å². The first-order chi connectivity index (χ1) is 27.2. The molecule has 3 fully saturated rings. The quantitative estimate of drug-likeness (QED) is 0.0670. The molecule has 3 aliphatic rings. The highest BCUT2D eigenvalue weighted by Gasteiger charge is 2.37. The number of para-hydroxylation sites is 1. The van der Waals surface area contributed by atoms with E-state index in [2.05, 4.69) is 15.2 Å². The fourth-order valence-corrected chi connectivity index (χ4v) is 7.51. The van der Waals surface area contributed by atoms with Crippen LogP contribution in [0.15, 0.2) is 102 Å². The van der Waals surface area contributed by atoms with Gasteiger partial charge in [0, 0.05) is 30.2 Å². The van der Waals surface area contributed by atoms with Gasteiger partial charge in [-0.3, -0.25) is 14.6 Å². The van der Waals surface area contributed by atoms with Crippen molar-refractivity contribution < 1.29 is 34.0 Å². The molecule has 8 rings (SSSR count). The molecule has 292 valence electrons. The Kier molecular flexibility index (Phi) is 12.3. The van der Waals surface area contributed by atoms with Crippen LogP contribution in [0, 0.1) is 5.92 Å². The number of aliphatic hydroxyl groups is 1. The van der Waals surface area contributed by atoms with Crippen LogP contribution in [0.1, 0.15) is 59.3 Å². The molecular formula is C44H48N4O8. The molecule has 0 unspecified atom stereocenters. The highest BCUT2D eigenvalue weighted by atomic mass is 16.6. The highest BCUT2D eigenvalue weighted by molar-refractivity contribution is 5.90. The van der Waals surface area contributed by atoms with Crippen LogP contribution in [0.2, 0.25) is 0 Å². The van der Waals surface area contributed by atoms with E-state index in [0.29, 0.717) is 59.9 Å². The third-order valence-corrected chi connectivity index (χ3v) is 10.5. The van der Waals surface area contributed by atoms with Gasteiger partial charge < -0.3 is 34.7 Å². The smallest absolute Gasteiger partial charge is 0.414 e. The largest absolute Gasteiger partial charge is 0.506 e. The number of nitrogens with one attached hydrogen (secondary N) is 2. The van der Waals surface area contributed by atoms with Crippen molar-refractivity contribution in [2.24, 2.45) is 5.92 Å². The van der Waals surface area contributed by atoms with E-state index >= 15 is 0 Å². The first-order valence-corrected chi connectivity index (χ1v) is 19.3. The van der Waals surface area contributed by atoms with Crippen molar-refractivity contribution in [3.63, 3.8) is 0 Å². The van der Waals surface area contributed by atoms with Crippen LogP contribution in [-0.4, -0.2) is 77.6 Å².